The van der Waals surface area contributed by atoms with Gasteiger partial charge in [0.1, 0.15) is 5.52 Å². The molecule has 0 aliphatic carbocycles. The van der Waals surface area contributed by atoms with E-state index in [1.54, 1.807) is 23.5 Å². The molecule has 4 aromatic rings. The maximum Gasteiger partial charge on any atom is 0.264 e. The highest BCUT2D eigenvalue weighted by molar-refractivity contribution is 7.12. The number of thiophene rings is 1. The first-order valence-corrected chi connectivity index (χ1v) is 11.0. The topological polar surface area (TPSA) is 71.3 Å². The molecule has 0 N–H and O–H groups in total. The van der Waals surface area contributed by atoms with Crippen LogP contribution in [0, 0.1) is 0 Å². The molecule has 1 aliphatic heterocycles. The quantitative estimate of drug-likeness (QED) is 0.498. The number of aromatic nitrogens is 3. The summed E-state index contributed by atoms with van der Waals surface area (Å²) in [7, 11) is 0. The molecule has 1 aromatic carbocycles. The van der Waals surface area contributed by atoms with Crippen LogP contribution in [0.2, 0.25) is 0 Å². The van der Waals surface area contributed by atoms with Gasteiger partial charge in [-0.2, -0.15) is 0 Å². The standard InChI is InChI=1S/C23H21N5O2S/c29-22(26-8-10-27(11-9-26)23(30)20-7-4-12-31-20)18-13-19-21(24-14-18)28(16-25-19)15-17-5-2-1-3-6-17/h1-7,12-14,16H,8-11,15H2. The van der Waals surface area contributed by atoms with Gasteiger partial charge in [0.15, 0.2) is 5.65 Å². The van der Waals surface area contributed by atoms with E-state index in [0.29, 0.717) is 43.8 Å². The van der Waals surface area contributed by atoms with Crippen LogP contribution in [0.1, 0.15) is 25.6 Å². The van der Waals surface area contributed by atoms with E-state index in [1.807, 2.05) is 45.2 Å². The van der Waals surface area contributed by atoms with Crippen molar-refractivity contribution >= 4 is 34.3 Å². The van der Waals surface area contributed by atoms with E-state index < -0.39 is 0 Å². The lowest BCUT2D eigenvalue weighted by Gasteiger charge is -2.34. The van der Waals surface area contributed by atoms with Gasteiger partial charge in [0.25, 0.3) is 11.8 Å². The summed E-state index contributed by atoms with van der Waals surface area (Å²) in [5.74, 6) is -0.0376. The fraction of sp³-hybridized carbons (Fsp3) is 0.217. The Kier molecular flexibility index (Phi) is 5.21. The van der Waals surface area contributed by atoms with Gasteiger partial charge in [-0.1, -0.05) is 36.4 Å². The summed E-state index contributed by atoms with van der Waals surface area (Å²) < 4.78 is 1.98. The van der Waals surface area contributed by atoms with Gasteiger partial charge >= 0.3 is 0 Å². The molecule has 3 aromatic heterocycles. The second kappa shape index (κ2) is 8.31. The van der Waals surface area contributed by atoms with Crippen LogP contribution in [0.4, 0.5) is 0 Å². The van der Waals surface area contributed by atoms with Crippen molar-refractivity contribution in [3.8, 4) is 0 Å². The first-order valence-electron chi connectivity index (χ1n) is 10.2. The van der Waals surface area contributed by atoms with Crippen LogP contribution >= 0.6 is 11.3 Å². The first-order chi connectivity index (χ1) is 15.2. The van der Waals surface area contributed by atoms with Crippen molar-refractivity contribution in [2.45, 2.75) is 6.54 Å². The minimum atomic E-state index is -0.0739. The van der Waals surface area contributed by atoms with Crippen LogP contribution in [-0.2, 0) is 6.54 Å². The number of fused-ring (bicyclic) bond motifs is 1. The van der Waals surface area contributed by atoms with Gasteiger partial charge in [-0.3, -0.25) is 9.59 Å². The average Bonchev–Trinajstić information content (AvgIpc) is 3.49. The van der Waals surface area contributed by atoms with Crippen molar-refractivity contribution in [2.24, 2.45) is 0 Å². The summed E-state index contributed by atoms with van der Waals surface area (Å²) in [5.41, 5.74) is 3.15. The number of hydrogen-bond acceptors (Lipinski definition) is 5. The Morgan fingerprint density at radius 2 is 1.65 bits per heavy atom. The molecule has 0 spiro atoms. The van der Waals surface area contributed by atoms with Gasteiger partial charge in [0, 0.05) is 32.4 Å². The van der Waals surface area contributed by atoms with Gasteiger partial charge < -0.3 is 14.4 Å². The summed E-state index contributed by atoms with van der Waals surface area (Å²) >= 11 is 1.44. The summed E-state index contributed by atoms with van der Waals surface area (Å²) in [6.07, 6.45) is 3.38. The zero-order valence-electron chi connectivity index (χ0n) is 16.8. The Bertz CT molecular complexity index is 1210. The van der Waals surface area contributed by atoms with Crippen molar-refractivity contribution in [3.05, 3.63) is 82.4 Å². The number of rotatable bonds is 4. The lowest BCUT2D eigenvalue weighted by Crippen LogP contribution is -2.50. The molecule has 31 heavy (non-hydrogen) atoms. The molecule has 0 unspecified atom stereocenters. The lowest BCUT2D eigenvalue weighted by molar-refractivity contribution is 0.0538. The maximum absolute atomic E-state index is 13.0. The van der Waals surface area contributed by atoms with Crippen LogP contribution in [0.3, 0.4) is 0 Å². The van der Waals surface area contributed by atoms with Crippen molar-refractivity contribution in [1.29, 1.82) is 0 Å². The summed E-state index contributed by atoms with van der Waals surface area (Å²) in [6.45, 7) is 2.76. The molecular formula is C23H21N5O2S. The van der Waals surface area contributed by atoms with Gasteiger partial charge in [-0.25, -0.2) is 9.97 Å². The number of amides is 2. The molecule has 2 amide bonds. The lowest BCUT2D eigenvalue weighted by atomic mass is 10.2. The minimum absolute atomic E-state index is 0.0362. The number of imidazole rings is 1. The van der Waals surface area contributed by atoms with E-state index in [0.717, 1.165) is 10.5 Å². The second-order valence-corrected chi connectivity index (χ2v) is 8.43. The van der Waals surface area contributed by atoms with E-state index in [-0.39, 0.29) is 11.8 Å². The molecule has 0 saturated carbocycles. The van der Waals surface area contributed by atoms with Gasteiger partial charge in [0.2, 0.25) is 0 Å². The van der Waals surface area contributed by atoms with Gasteiger partial charge in [0.05, 0.1) is 23.3 Å². The number of pyridine rings is 1. The van der Waals surface area contributed by atoms with Crippen molar-refractivity contribution in [3.63, 3.8) is 0 Å². The van der Waals surface area contributed by atoms with Crippen LogP contribution in [0.5, 0.6) is 0 Å². The zero-order valence-corrected chi connectivity index (χ0v) is 17.7. The molecule has 0 atom stereocenters. The molecule has 0 bridgehead atoms. The molecular weight excluding hydrogens is 410 g/mol. The second-order valence-electron chi connectivity index (χ2n) is 7.49. The normalized spacial score (nSPS) is 14.2. The Balaban J connectivity index is 1.27. The molecule has 7 nitrogen and oxygen atoms in total. The fourth-order valence-corrected chi connectivity index (χ4v) is 4.50. The molecule has 5 rings (SSSR count). The predicted molar refractivity (Wildman–Crippen MR) is 119 cm³/mol. The number of carbonyl (C=O) groups is 2. The fourth-order valence-electron chi connectivity index (χ4n) is 3.81. The number of nitrogens with zero attached hydrogens (tertiary/aromatic N) is 5. The average molecular weight is 432 g/mol. The molecule has 0 radical (unpaired) electrons. The number of carbonyl (C=O) groups excluding carboxylic acids is 2. The molecule has 8 heteroatoms. The zero-order chi connectivity index (χ0) is 21.2. The van der Waals surface area contributed by atoms with Crippen molar-refractivity contribution in [1.82, 2.24) is 24.3 Å². The van der Waals surface area contributed by atoms with Gasteiger partial charge in [-0.05, 0) is 23.1 Å². The Morgan fingerprint density at radius 1 is 0.903 bits per heavy atom. The van der Waals surface area contributed by atoms with E-state index in [9.17, 15) is 9.59 Å². The Labute approximate surface area is 183 Å². The number of hydrogen-bond donors (Lipinski definition) is 0. The third-order valence-electron chi connectivity index (χ3n) is 5.48. The third kappa shape index (κ3) is 3.94. The van der Waals surface area contributed by atoms with Crippen LogP contribution in [0.25, 0.3) is 11.2 Å². The highest BCUT2D eigenvalue weighted by Gasteiger charge is 2.26. The van der Waals surface area contributed by atoms with Crippen molar-refractivity contribution in [2.75, 3.05) is 26.2 Å². The van der Waals surface area contributed by atoms with E-state index >= 15 is 0 Å². The summed E-state index contributed by atoms with van der Waals surface area (Å²) in [5, 5.41) is 1.90. The SMILES string of the molecule is O=C(c1cnc2c(c1)ncn2Cc1ccccc1)N1CCN(C(=O)c2cccs2)CC1. The van der Waals surface area contributed by atoms with Crippen LogP contribution < -0.4 is 0 Å². The molecule has 1 saturated heterocycles. The highest BCUT2D eigenvalue weighted by atomic mass is 32.1. The third-order valence-corrected chi connectivity index (χ3v) is 6.34. The van der Waals surface area contributed by atoms with Crippen LogP contribution in [0.15, 0.2) is 66.4 Å². The number of benzene rings is 1. The Morgan fingerprint density at radius 3 is 2.35 bits per heavy atom. The largest absolute Gasteiger partial charge is 0.335 e. The maximum atomic E-state index is 13.0. The monoisotopic (exact) mass is 431 g/mol. The Hall–Kier alpha value is -3.52. The van der Waals surface area contributed by atoms with Gasteiger partial charge in [-0.15, -0.1) is 11.3 Å². The smallest absolute Gasteiger partial charge is 0.264 e. The molecule has 1 aliphatic rings. The molecule has 4 heterocycles. The molecule has 156 valence electrons. The van der Waals surface area contributed by atoms with E-state index in [2.05, 4.69) is 22.1 Å². The summed E-state index contributed by atoms with van der Waals surface area (Å²) in [4.78, 5) is 38.8. The number of piperazine rings is 1. The van der Waals surface area contributed by atoms with Crippen molar-refractivity contribution < 1.29 is 9.59 Å². The minimum Gasteiger partial charge on any atom is -0.335 e. The molecule has 1 fully saturated rings. The van der Waals surface area contributed by atoms with E-state index in [1.165, 1.54) is 16.9 Å². The van der Waals surface area contributed by atoms with Crippen LogP contribution in [-0.4, -0.2) is 62.3 Å². The first kappa shape index (κ1) is 19.4. The predicted octanol–water partition coefficient (Wildman–Crippen LogP) is 3.14. The van der Waals surface area contributed by atoms with E-state index in [4.69, 9.17) is 0 Å². The highest BCUT2D eigenvalue weighted by Crippen LogP contribution is 2.18. The summed E-state index contributed by atoms with van der Waals surface area (Å²) in [6, 6.07) is 15.6.